The summed E-state index contributed by atoms with van der Waals surface area (Å²) in [7, 11) is 0. The lowest BCUT2D eigenvalue weighted by Crippen LogP contribution is -2.20. The minimum Gasteiger partial charge on any atom is -0.289 e. The molecule has 0 aliphatic heterocycles. The van der Waals surface area contributed by atoms with E-state index in [-0.39, 0.29) is 35.6 Å². The van der Waals surface area contributed by atoms with Gasteiger partial charge in [-0.15, -0.1) is 0 Å². The van der Waals surface area contributed by atoms with Crippen molar-refractivity contribution in [3.63, 3.8) is 0 Å². The first-order valence-electron chi connectivity index (χ1n) is 10.2. The molecular formula is C28H23ClO4. The summed E-state index contributed by atoms with van der Waals surface area (Å²) in [5, 5.41) is 0.0358. The van der Waals surface area contributed by atoms with E-state index in [4.69, 9.17) is 11.6 Å². The average Bonchev–Trinajstić information content (AvgIpc) is 2.84. The van der Waals surface area contributed by atoms with Gasteiger partial charge in [0.05, 0.1) is 5.03 Å². The van der Waals surface area contributed by atoms with Gasteiger partial charge in [-0.2, -0.15) is 0 Å². The quantitative estimate of drug-likeness (QED) is 0.338. The summed E-state index contributed by atoms with van der Waals surface area (Å²) in [6, 6.07) is 19.2. The van der Waals surface area contributed by atoms with Gasteiger partial charge in [0.15, 0.2) is 17.3 Å². The van der Waals surface area contributed by atoms with Crippen molar-refractivity contribution >= 4 is 34.7 Å². The molecule has 0 heterocycles. The first kappa shape index (κ1) is 24.0. The van der Waals surface area contributed by atoms with Crippen LogP contribution in [0.25, 0.3) is 0 Å². The van der Waals surface area contributed by atoms with Crippen molar-refractivity contribution in [2.45, 2.75) is 27.7 Å². The van der Waals surface area contributed by atoms with Crippen LogP contribution in [0.4, 0.5) is 0 Å². The molecule has 5 rings (SSSR count). The van der Waals surface area contributed by atoms with Gasteiger partial charge in [0, 0.05) is 39.0 Å². The zero-order chi connectivity index (χ0) is 23.0. The van der Waals surface area contributed by atoms with Crippen LogP contribution in [0.2, 0.25) is 0 Å². The molecule has 0 saturated carbocycles. The molecule has 0 atom stereocenters. The van der Waals surface area contributed by atoms with Crippen molar-refractivity contribution in [1.29, 1.82) is 0 Å². The first-order valence-corrected chi connectivity index (χ1v) is 10.6. The third kappa shape index (κ3) is 4.10. The number of rotatable bonds is 1. The highest BCUT2D eigenvalue weighted by Gasteiger charge is 2.29. The number of benzene rings is 3. The third-order valence-electron chi connectivity index (χ3n) is 5.68. The number of fused-ring (bicyclic) bond motifs is 3. The van der Waals surface area contributed by atoms with E-state index < -0.39 is 0 Å². The van der Waals surface area contributed by atoms with Gasteiger partial charge >= 0.3 is 0 Å². The second-order valence-corrected chi connectivity index (χ2v) is 7.96. The number of halogens is 1. The normalized spacial score (nSPS) is 13.9. The Morgan fingerprint density at radius 3 is 1.55 bits per heavy atom. The number of ketones is 4. The van der Waals surface area contributed by atoms with E-state index in [0.717, 1.165) is 12.0 Å². The molecule has 3 aromatic rings. The van der Waals surface area contributed by atoms with Crippen LogP contribution in [0.1, 0.15) is 79.4 Å². The Hall–Kier alpha value is -3.63. The fourth-order valence-electron chi connectivity index (χ4n) is 3.84. The molecule has 33 heavy (non-hydrogen) atoms. The molecule has 0 unspecified atom stereocenters. The zero-order valence-corrected chi connectivity index (χ0v) is 18.3. The Morgan fingerprint density at radius 2 is 1.03 bits per heavy atom. The fourth-order valence-corrected chi connectivity index (χ4v) is 4.02. The number of hydrogen-bond acceptors (Lipinski definition) is 4. The van der Waals surface area contributed by atoms with Gasteiger partial charge in [-0.05, 0) is 25.0 Å². The summed E-state index contributed by atoms with van der Waals surface area (Å²) in [5.41, 5.74) is 4.34. The van der Waals surface area contributed by atoms with E-state index in [0.29, 0.717) is 39.0 Å². The van der Waals surface area contributed by atoms with Crippen LogP contribution in [0.15, 0.2) is 77.3 Å². The molecule has 5 heteroatoms. The van der Waals surface area contributed by atoms with Gasteiger partial charge in [0.2, 0.25) is 5.78 Å². The summed E-state index contributed by atoms with van der Waals surface area (Å²) >= 11 is 5.75. The van der Waals surface area contributed by atoms with Gasteiger partial charge in [0.25, 0.3) is 0 Å². The van der Waals surface area contributed by atoms with Gasteiger partial charge in [-0.3, -0.25) is 19.2 Å². The van der Waals surface area contributed by atoms with Crippen LogP contribution in [-0.2, 0) is 6.42 Å². The molecule has 2 aliphatic carbocycles. The zero-order valence-electron chi connectivity index (χ0n) is 17.6. The van der Waals surface area contributed by atoms with Crippen LogP contribution in [-0.4, -0.2) is 23.1 Å². The smallest absolute Gasteiger partial charge is 0.205 e. The van der Waals surface area contributed by atoms with Crippen LogP contribution in [0, 0.1) is 0 Å². The maximum Gasteiger partial charge on any atom is 0.205 e. The molecule has 4 nitrogen and oxygen atoms in total. The number of carbonyl (C=O) groups excluding carboxylic acids is 4. The molecule has 0 N–H and O–H groups in total. The Bertz CT molecular complexity index is 1300. The molecular weight excluding hydrogens is 436 g/mol. The van der Waals surface area contributed by atoms with E-state index in [2.05, 4.69) is 0 Å². The van der Waals surface area contributed by atoms with E-state index in [1.54, 1.807) is 61.5 Å². The molecule has 0 aromatic heterocycles. The topological polar surface area (TPSA) is 68.3 Å². The average molecular weight is 459 g/mol. The molecule has 0 bridgehead atoms. The molecule has 166 valence electrons. The summed E-state index contributed by atoms with van der Waals surface area (Å²) < 4.78 is 0. The standard InChI is InChI=1S/C16H12O2.C11H7ClO2.CH4/c1-2-10-7-8-13-14(9-10)16(18)12-6-4-3-5-11(12)15(13)17;1-6-9(12)11(14)8-5-3-2-4-7(8)10(6)13;/h3-9H,2H2,1H3;2-5H,1H3;1H4. The molecule has 0 saturated heterocycles. The summed E-state index contributed by atoms with van der Waals surface area (Å²) in [6.45, 7) is 3.60. The summed E-state index contributed by atoms with van der Waals surface area (Å²) in [4.78, 5) is 48.0. The predicted molar refractivity (Wildman–Crippen MR) is 130 cm³/mol. The van der Waals surface area contributed by atoms with Gasteiger partial charge < -0.3 is 0 Å². The lowest BCUT2D eigenvalue weighted by Gasteiger charge is -2.17. The lowest BCUT2D eigenvalue weighted by molar-refractivity contribution is 0.0979. The Kier molecular flexibility index (Phi) is 6.89. The van der Waals surface area contributed by atoms with Crippen molar-refractivity contribution in [2.24, 2.45) is 0 Å². The highest BCUT2D eigenvalue weighted by molar-refractivity contribution is 6.49. The SMILES string of the molecule is C.CC1=C(Cl)C(=O)c2ccccc2C1=O.CCc1ccc2c(c1)C(=O)c1ccccc1C2=O. The fraction of sp³-hybridized carbons (Fsp3) is 0.143. The van der Waals surface area contributed by atoms with Gasteiger partial charge in [0.1, 0.15) is 0 Å². The Morgan fingerprint density at radius 1 is 0.606 bits per heavy atom. The van der Waals surface area contributed by atoms with E-state index >= 15 is 0 Å². The molecule has 3 aromatic carbocycles. The Balaban J connectivity index is 0.000000186. The molecule has 0 fully saturated rings. The highest BCUT2D eigenvalue weighted by Crippen LogP contribution is 2.29. The van der Waals surface area contributed by atoms with Crippen LogP contribution < -0.4 is 0 Å². The minimum absolute atomic E-state index is 0. The minimum atomic E-state index is -0.264. The van der Waals surface area contributed by atoms with Crippen LogP contribution >= 0.6 is 11.6 Å². The van der Waals surface area contributed by atoms with Crippen molar-refractivity contribution in [3.05, 3.63) is 116 Å². The maximum atomic E-state index is 12.4. The third-order valence-corrected chi connectivity index (χ3v) is 6.14. The number of Topliss-reactive ketones (excluding diaryl/α,β-unsaturated/α-hetero) is 2. The van der Waals surface area contributed by atoms with E-state index in [9.17, 15) is 19.2 Å². The Labute approximate surface area is 197 Å². The second-order valence-electron chi connectivity index (χ2n) is 7.58. The summed E-state index contributed by atoms with van der Waals surface area (Å²) in [5.74, 6) is -0.525. The monoisotopic (exact) mass is 458 g/mol. The van der Waals surface area contributed by atoms with Gasteiger partial charge in [-0.1, -0.05) is 86.6 Å². The maximum absolute atomic E-state index is 12.4. The van der Waals surface area contributed by atoms with Crippen molar-refractivity contribution in [1.82, 2.24) is 0 Å². The van der Waals surface area contributed by atoms with E-state index in [1.165, 1.54) is 0 Å². The summed E-state index contributed by atoms with van der Waals surface area (Å²) in [6.07, 6.45) is 0.858. The molecule has 0 spiro atoms. The van der Waals surface area contributed by atoms with Crippen LogP contribution in [0.3, 0.4) is 0 Å². The van der Waals surface area contributed by atoms with E-state index in [1.807, 2.05) is 19.1 Å². The van der Waals surface area contributed by atoms with Crippen molar-refractivity contribution < 1.29 is 19.2 Å². The van der Waals surface area contributed by atoms with Gasteiger partial charge in [-0.25, -0.2) is 0 Å². The number of hydrogen-bond donors (Lipinski definition) is 0. The molecule has 2 aliphatic rings. The number of allylic oxidation sites excluding steroid dienone is 2. The van der Waals surface area contributed by atoms with Crippen molar-refractivity contribution in [3.8, 4) is 0 Å². The molecule has 0 amide bonds. The highest BCUT2D eigenvalue weighted by atomic mass is 35.5. The number of aryl methyl sites for hydroxylation is 1. The first-order chi connectivity index (χ1) is 15.3. The lowest BCUT2D eigenvalue weighted by atomic mass is 9.83. The van der Waals surface area contributed by atoms with Crippen molar-refractivity contribution in [2.75, 3.05) is 0 Å². The largest absolute Gasteiger partial charge is 0.289 e. The molecule has 0 radical (unpaired) electrons. The van der Waals surface area contributed by atoms with Crippen LogP contribution in [0.5, 0.6) is 0 Å². The number of carbonyl (C=O) groups is 4. The second kappa shape index (κ2) is 9.47. The predicted octanol–water partition coefficient (Wildman–Crippen LogP) is 6.24.